The van der Waals surface area contributed by atoms with E-state index >= 15 is 0 Å². The lowest BCUT2D eigenvalue weighted by Crippen LogP contribution is -2.57. The minimum atomic E-state index is -0.894. The molecule has 0 aliphatic heterocycles. The van der Waals surface area contributed by atoms with Crippen LogP contribution in [0.5, 0.6) is 0 Å². The van der Waals surface area contributed by atoms with Crippen LogP contribution in [0.3, 0.4) is 0 Å². The lowest BCUT2D eigenvalue weighted by Gasteiger charge is -2.40. The van der Waals surface area contributed by atoms with Crippen LogP contribution in [0.25, 0.3) is 0 Å². The van der Waals surface area contributed by atoms with E-state index in [9.17, 15) is 14.8 Å². The van der Waals surface area contributed by atoms with Crippen molar-refractivity contribution in [2.75, 3.05) is 13.2 Å². The van der Waals surface area contributed by atoms with Gasteiger partial charge in [0.1, 0.15) is 13.2 Å². The van der Waals surface area contributed by atoms with Gasteiger partial charge in [-0.2, -0.15) is 0 Å². The van der Waals surface area contributed by atoms with E-state index in [4.69, 9.17) is 9.47 Å². The summed E-state index contributed by atoms with van der Waals surface area (Å²) in [6, 6.07) is 0. The highest BCUT2D eigenvalue weighted by Crippen LogP contribution is 2.24. The first-order valence-electron chi connectivity index (χ1n) is 5.73. The molecule has 0 N–H and O–H groups in total. The van der Waals surface area contributed by atoms with Crippen LogP contribution in [0.2, 0.25) is 0 Å². The first kappa shape index (κ1) is 16.9. The zero-order valence-electron chi connectivity index (χ0n) is 11.9. The summed E-state index contributed by atoms with van der Waals surface area (Å²) in [5, 5.41) is 13.0. The first-order chi connectivity index (χ1) is 7.99. The Morgan fingerprint density at radius 3 is 1.39 bits per heavy atom. The predicted molar refractivity (Wildman–Crippen MR) is 63.9 cm³/mol. The molecule has 0 rings (SSSR count). The monoisotopic (exact) mass is 260 g/mol. The maximum atomic E-state index is 12.2. The maximum absolute atomic E-state index is 12.2. The lowest BCUT2D eigenvalue weighted by molar-refractivity contribution is -0.285. The minimum Gasteiger partial charge on any atom is -0.464 e. The average molecular weight is 260 g/mol. The van der Waals surface area contributed by atoms with Crippen LogP contribution in [-0.2, 0) is 24.3 Å². The van der Waals surface area contributed by atoms with Gasteiger partial charge in [0.2, 0.25) is 0 Å². The number of hydrogen-bond acceptors (Lipinski definition) is 5. The predicted octanol–water partition coefficient (Wildman–Crippen LogP) is 1.32. The Bertz CT molecular complexity index is 282. The SMILES string of the molecule is CC(=O)OCC(C)(C)N([O])C(C)(C)COC(C)=O. The molecule has 0 heterocycles. The fourth-order valence-electron chi connectivity index (χ4n) is 1.49. The van der Waals surface area contributed by atoms with E-state index in [-0.39, 0.29) is 13.2 Å². The van der Waals surface area contributed by atoms with E-state index < -0.39 is 23.0 Å². The Morgan fingerprint density at radius 1 is 0.889 bits per heavy atom. The van der Waals surface area contributed by atoms with Crippen molar-refractivity contribution in [2.24, 2.45) is 0 Å². The van der Waals surface area contributed by atoms with Gasteiger partial charge in [0, 0.05) is 13.8 Å². The van der Waals surface area contributed by atoms with Gasteiger partial charge < -0.3 is 9.47 Å². The second-order valence-corrected chi connectivity index (χ2v) is 5.48. The molecule has 0 fully saturated rings. The van der Waals surface area contributed by atoms with Crippen LogP contribution in [0, 0.1) is 0 Å². The fraction of sp³-hybridized carbons (Fsp3) is 0.833. The summed E-state index contributed by atoms with van der Waals surface area (Å²) in [6.07, 6.45) is 0. The van der Waals surface area contributed by atoms with Crippen LogP contribution in [0.4, 0.5) is 0 Å². The molecule has 0 saturated carbocycles. The summed E-state index contributed by atoms with van der Waals surface area (Å²) in [6.45, 7) is 9.20. The number of hydrogen-bond donors (Lipinski definition) is 0. The molecule has 18 heavy (non-hydrogen) atoms. The molecule has 0 bridgehead atoms. The minimum absolute atomic E-state index is 0.0185. The molecule has 0 atom stereocenters. The highest BCUT2D eigenvalue weighted by molar-refractivity contribution is 5.66. The third-order valence-corrected chi connectivity index (χ3v) is 2.36. The smallest absolute Gasteiger partial charge is 0.302 e. The summed E-state index contributed by atoms with van der Waals surface area (Å²) < 4.78 is 9.72. The van der Waals surface area contributed by atoms with E-state index in [1.807, 2.05) is 0 Å². The molecule has 6 heteroatoms. The van der Waals surface area contributed by atoms with Gasteiger partial charge in [0.15, 0.2) is 0 Å². The number of ether oxygens (including phenoxy) is 2. The molecule has 0 amide bonds. The summed E-state index contributed by atoms with van der Waals surface area (Å²) in [4.78, 5) is 21.5. The summed E-state index contributed by atoms with van der Waals surface area (Å²) in [5.41, 5.74) is -1.79. The Hall–Kier alpha value is -1.14. The molecule has 0 spiro atoms. The van der Waals surface area contributed by atoms with E-state index in [0.717, 1.165) is 5.06 Å². The Morgan fingerprint density at radius 2 is 1.17 bits per heavy atom. The van der Waals surface area contributed by atoms with Gasteiger partial charge in [-0.05, 0) is 27.7 Å². The quantitative estimate of drug-likeness (QED) is 0.531. The number of carbonyl (C=O) groups excluding carboxylic acids is 2. The first-order valence-corrected chi connectivity index (χ1v) is 5.73. The Kier molecular flexibility index (Phi) is 5.76. The number of hydroxylamine groups is 2. The summed E-state index contributed by atoms with van der Waals surface area (Å²) in [5.74, 6) is -0.872. The Labute approximate surface area is 108 Å². The number of rotatable bonds is 6. The topological polar surface area (TPSA) is 75.7 Å². The molecule has 105 valence electrons. The van der Waals surface area contributed by atoms with E-state index in [2.05, 4.69) is 0 Å². The molecule has 1 radical (unpaired) electrons. The molecule has 0 aromatic rings. The van der Waals surface area contributed by atoms with Crippen molar-refractivity contribution in [2.45, 2.75) is 52.6 Å². The second kappa shape index (κ2) is 6.15. The van der Waals surface area contributed by atoms with Crippen LogP contribution in [0.15, 0.2) is 0 Å². The van der Waals surface area contributed by atoms with Gasteiger partial charge in [-0.15, -0.1) is 10.3 Å². The van der Waals surface area contributed by atoms with Crippen molar-refractivity contribution < 1.29 is 24.3 Å². The molecule has 0 unspecified atom stereocenters. The standard InChI is InChI=1S/C12H22NO5/c1-9(14)17-7-11(3,4)13(16)12(5,6)8-18-10(2)15/h7-8H2,1-6H3. The third kappa shape index (κ3) is 5.46. The van der Waals surface area contributed by atoms with Gasteiger partial charge in [0.05, 0.1) is 11.1 Å². The molecule has 0 saturated heterocycles. The summed E-state index contributed by atoms with van der Waals surface area (Å²) in [7, 11) is 0. The summed E-state index contributed by atoms with van der Waals surface area (Å²) >= 11 is 0. The number of nitrogens with zero attached hydrogens (tertiary/aromatic N) is 1. The molecule has 0 aromatic carbocycles. The van der Waals surface area contributed by atoms with Gasteiger partial charge >= 0.3 is 11.9 Å². The van der Waals surface area contributed by atoms with Crippen molar-refractivity contribution in [3.8, 4) is 0 Å². The molecule has 6 nitrogen and oxygen atoms in total. The highest BCUT2D eigenvalue weighted by atomic mass is 16.6. The van der Waals surface area contributed by atoms with Crippen molar-refractivity contribution in [3.05, 3.63) is 0 Å². The molecular formula is C12H22NO5. The van der Waals surface area contributed by atoms with E-state index in [1.165, 1.54) is 13.8 Å². The van der Waals surface area contributed by atoms with Crippen LogP contribution in [-0.4, -0.2) is 41.3 Å². The zero-order chi connectivity index (χ0) is 14.6. The lowest BCUT2D eigenvalue weighted by atomic mass is 9.97. The third-order valence-electron chi connectivity index (χ3n) is 2.36. The van der Waals surface area contributed by atoms with Crippen molar-refractivity contribution in [1.29, 1.82) is 0 Å². The fourth-order valence-corrected chi connectivity index (χ4v) is 1.49. The average Bonchev–Trinajstić information content (AvgIpc) is 2.23. The molecular weight excluding hydrogens is 238 g/mol. The van der Waals surface area contributed by atoms with Gasteiger partial charge in [-0.1, -0.05) is 0 Å². The number of esters is 2. The van der Waals surface area contributed by atoms with Crippen molar-refractivity contribution in [3.63, 3.8) is 0 Å². The molecule has 0 aromatic heterocycles. The van der Waals surface area contributed by atoms with Gasteiger partial charge in [-0.3, -0.25) is 9.59 Å². The normalized spacial score (nSPS) is 12.4. The van der Waals surface area contributed by atoms with E-state index in [0.29, 0.717) is 0 Å². The van der Waals surface area contributed by atoms with Crippen LogP contribution >= 0.6 is 0 Å². The highest BCUT2D eigenvalue weighted by Gasteiger charge is 2.40. The van der Waals surface area contributed by atoms with Crippen molar-refractivity contribution in [1.82, 2.24) is 5.06 Å². The van der Waals surface area contributed by atoms with Crippen LogP contribution in [0.1, 0.15) is 41.5 Å². The second-order valence-electron chi connectivity index (χ2n) is 5.48. The van der Waals surface area contributed by atoms with Crippen molar-refractivity contribution >= 4 is 11.9 Å². The molecule has 0 aliphatic carbocycles. The largest absolute Gasteiger partial charge is 0.464 e. The van der Waals surface area contributed by atoms with E-state index in [1.54, 1.807) is 27.7 Å². The van der Waals surface area contributed by atoms with Gasteiger partial charge in [0.25, 0.3) is 0 Å². The zero-order valence-corrected chi connectivity index (χ0v) is 11.9. The Balaban J connectivity index is 4.61. The van der Waals surface area contributed by atoms with Crippen LogP contribution < -0.4 is 0 Å². The number of carbonyl (C=O) groups is 2. The van der Waals surface area contributed by atoms with Gasteiger partial charge in [-0.25, -0.2) is 0 Å². The molecule has 0 aliphatic rings. The maximum Gasteiger partial charge on any atom is 0.302 e.